The summed E-state index contributed by atoms with van der Waals surface area (Å²) in [5.74, 6) is -1.12. The van der Waals surface area contributed by atoms with Gasteiger partial charge < -0.3 is 19.6 Å². The number of rotatable bonds is 6. The number of halogens is 1. The van der Waals surface area contributed by atoms with Gasteiger partial charge in [0, 0.05) is 30.7 Å². The van der Waals surface area contributed by atoms with E-state index in [-0.39, 0.29) is 24.8 Å². The van der Waals surface area contributed by atoms with Gasteiger partial charge in [-0.15, -0.1) is 0 Å². The van der Waals surface area contributed by atoms with Crippen LogP contribution in [0.5, 0.6) is 5.75 Å². The third-order valence-corrected chi connectivity index (χ3v) is 4.97. The lowest BCUT2D eigenvalue weighted by Gasteiger charge is -2.31. The average Bonchev–Trinajstić information content (AvgIpc) is 2.63. The fourth-order valence-electron chi connectivity index (χ4n) is 2.95. The molecule has 26 heavy (non-hydrogen) atoms. The topological polar surface area (TPSA) is 87.2 Å². The molecule has 7 nitrogen and oxygen atoms in total. The number of aliphatic carboxylic acids is 1. The SMILES string of the molecule is COc1cccc(Cl)c1CC(=O)N(C)CC(=O)N1CCC(C(=O)O)CC1. The number of carboxylic acid groups (broad SMARTS) is 1. The molecular weight excluding hydrogens is 360 g/mol. The second kappa shape index (κ2) is 8.89. The number of carbonyl (C=O) groups excluding carboxylic acids is 2. The van der Waals surface area contributed by atoms with Crippen molar-refractivity contribution in [3.8, 4) is 5.75 Å². The third kappa shape index (κ3) is 4.88. The lowest BCUT2D eigenvalue weighted by Crippen LogP contribution is -2.45. The van der Waals surface area contributed by atoms with Gasteiger partial charge in [0.1, 0.15) is 5.75 Å². The van der Waals surface area contributed by atoms with Crippen LogP contribution in [-0.2, 0) is 20.8 Å². The van der Waals surface area contributed by atoms with E-state index in [4.69, 9.17) is 21.4 Å². The molecule has 0 bridgehead atoms. The average molecular weight is 383 g/mol. The summed E-state index contributed by atoms with van der Waals surface area (Å²) in [6, 6.07) is 5.15. The van der Waals surface area contributed by atoms with Crippen LogP contribution in [0.15, 0.2) is 18.2 Å². The van der Waals surface area contributed by atoms with E-state index in [1.165, 1.54) is 12.0 Å². The van der Waals surface area contributed by atoms with Crippen LogP contribution in [0.4, 0.5) is 0 Å². The Balaban J connectivity index is 1.91. The van der Waals surface area contributed by atoms with Gasteiger partial charge in [0.15, 0.2) is 0 Å². The Kier molecular flexibility index (Phi) is 6.85. The largest absolute Gasteiger partial charge is 0.496 e. The molecule has 0 spiro atoms. The number of amides is 2. The standard InChI is InChI=1S/C18H23ClN2O5/c1-20(11-17(23)21-8-6-12(7-9-21)18(24)25)16(22)10-13-14(19)4-3-5-15(13)26-2/h3-5,12H,6-11H2,1-2H3,(H,24,25). The fraction of sp³-hybridized carbons (Fsp3) is 0.500. The fourth-order valence-corrected chi connectivity index (χ4v) is 3.19. The molecule has 1 N–H and O–H groups in total. The molecule has 0 unspecified atom stereocenters. The van der Waals surface area contributed by atoms with E-state index in [9.17, 15) is 14.4 Å². The molecule has 0 radical (unpaired) electrons. The molecule has 0 aromatic heterocycles. The Bertz CT molecular complexity index is 686. The van der Waals surface area contributed by atoms with Crippen molar-refractivity contribution in [2.24, 2.45) is 5.92 Å². The second-order valence-corrected chi connectivity index (χ2v) is 6.75. The van der Waals surface area contributed by atoms with Crippen LogP contribution in [-0.4, -0.2) is 66.5 Å². The first-order valence-corrected chi connectivity index (χ1v) is 8.77. The number of likely N-dealkylation sites (tertiary alicyclic amines) is 1. The maximum absolute atomic E-state index is 12.5. The summed E-state index contributed by atoms with van der Waals surface area (Å²) in [6.07, 6.45) is 0.916. The van der Waals surface area contributed by atoms with Crippen LogP contribution >= 0.6 is 11.6 Å². The van der Waals surface area contributed by atoms with Crippen molar-refractivity contribution in [1.29, 1.82) is 0 Å². The van der Waals surface area contributed by atoms with Crippen molar-refractivity contribution < 1.29 is 24.2 Å². The molecule has 2 amide bonds. The summed E-state index contributed by atoms with van der Waals surface area (Å²) < 4.78 is 5.23. The first kappa shape index (κ1) is 20.0. The Morgan fingerprint density at radius 2 is 1.96 bits per heavy atom. The number of nitrogens with zero attached hydrogens (tertiary/aromatic N) is 2. The van der Waals surface area contributed by atoms with Gasteiger partial charge in [-0.05, 0) is 25.0 Å². The number of carboxylic acids is 1. The van der Waals surface area contributed by atoms with Crippen molar-refractivity contribution in [2.75, 3.05) is 33.8 Å². The highest BCUT2D eigenvalue weighted by Gasteiger charge is 2.28. The maximum Gasteiger partial charge on any atom is 0.306 e. The molecule has 1 aromatic carbocycles. The highest BCUT2D eigenvalue weighted by molar-refractivity contribution is 6.31. The summed E-state index contributed by atoms with van der Waals surface area (Å²) in [6.45, 7) is 0.746. The molecule has 0 saturated carbocycles. The number of piperidine rings is 1. The Morgan fingerprint density at radius 3 is 2.54 bits per heavy atom. The lowest BCUT2D eigenvalue weighted by molar-refractivity contribution is -0.146. The molecule has 1 heterocycles. The Hall–Kier alpha value is -2.28. The molecule has 1 saturated heterocycles. The molecule has 1 aliphatic heterocycles. The van der Waals surface area contributed by atoms with Gasteiger partial charge >= 0.3 is 5.97 Å². The summed E-state index contributed by atoms with van der Waals surface area (Å²) in [5.41, 5.74) is 0.586. The van der Waals surface area contributed by atoms with E-state index in [0.29, 0.717) is 42.3 Å². The van der Waals surface area contributed by atoms with Crippen molar-refractivity contribution in [3.63, 3.8) is 0 Å². The van der Waals surface area contributed by atoms with E-state index >= 15 is 0 Å². The zero-order chi connectivity index (χ0) is 19.3. The normalized spacial score (nSPS) is 14.8. The van der Waals surface area contributed by atoms with Crippen molar-refractivity contribution in [2.45, 2.75) is 19.3 Å². The van der Waals surface area contributed by atoms with E-state index in [2.05, 4.69) is 0 Å². The maximum atomic E-state index is 12.5. The minimum Gasteiger partial charge on any atom is -0.496 e. The minimum absolute atomic E-state index is 0.0354. The van der Waals surface area contributed by atoms with Crippen LogP contribution in [0.1, 0.15) is 18.4 Å². The summed E-state index contributed by atoms with van der Waals surface area (Å²) in [4.78, 5) is 38.8. The Labute approximate surface area is 157 Å². The number of benzene rings is 1. The number of hydrogen-bond donors (Lipinski definition) is 1. The molecular formula is C18H23ClN2O5. The minimum atomic E-state index is -0.821. The van der Waals surface area contributed by atoms with Gasteiger partial charge in [0.05, 0.1) is 26.0 Å². The number of likely N-dealkylation sites (N-methyl/N-ethyl adjacent to an activating group) is 1. The number of hydrogen-bond acceptors (Lipinski definition) is 4. The van der Waals surface area contributed by atoms with Crippen LogP contribution in [0, 0.1) is 5.92 Å². The highest BCUT2D eigenvalue weighted by atomic mass is 35.5. The van der Waals surface area contributed by atoms with Crippen molar-refractivity contribution in [1.82, 2.24) is 9.80 Å². The molecule has 0 aliphatic carbocycles. The molecule has 142 valence electrons. The van der Waals surface area contributed by atoms with E-state index in [1.807, 2.05) is 0 Å². The molecule has 2 rings (SSSR count). The highest BCUT2D eigenvalue weighted by Crippen LogP contribution is 2.27. The van der Waals surface area contributed by atoms with E-state index in [0.717, 1.165) is 0 Å². The molecule has 0 atom stereocenters. The van der Waals surface area contributed by atoms with Crippen LogP contribution in [0.25, 0.3) is 0 Å². The van der Waals surface area contributed by atoms with Crippen LogP contribution in [0.2, 0.25) is 5.02 Å². The van der Waals surface area contributed by atoms with Crippen LogP contribution in [0.3, 0.4) is 0 Å². The quantitative estimate of drug-likeness (QED) is 0.808. The van der Waals surface area contributed by atoms with Gasteiger partial charge in [0.25, 0.3) is 0 Å². The van der Waals surface area contributed by atoms with E-state index in [1.54, 1.807) is 30.1 Å². The van der Waals surface area contributed by atoms with Crippen molar-refractivity contribution in [3.05, 3.63) is 28.8 Å². The number of carbonyl (C=O) groups is 3. The smallest absolute Gasteiger partial charge is 0.306 e. The third-order valence-electron chi connectivity index (χ3n) is 4.62. The summed E-state index contributed by atoms with van der Waals surface area (Å²) >= 11 is 6.15. The van der Waals surface area contributed by atoms with Crippen LogP contribution < -0.4 is 4.74 Å². The predicted molar refractivity (Wildman–Crippen MR) is 96.3 cm³/mol. The molecule has 8 heteroatoms. The summed E-state index contributed by atoms with van der Waals surface area (Å²) in [7, 11) is 3.07. The zero-order valence-corrected chi connectivity index (χ0v) is 15.7. The van der Waals surface area contributed by atoms with Crippen molar-refractivity contribution >= 4 is 29.4 Å². The molecule has 1 aliphatic rings. The molecule has 1 aromatic rings. The number of ether oxygens (including phenoxy) is 1. The lowest BCUT2D eigenvalue weighted by atomic mass is 9.97. The van der Waals surface area contributed by atoms with Gasteiger partial charge in [-0.25, -0.2) is 0 Å². The monoisotopic (exact) mass is 382 g/mol. The number of methoxy groups -OCH3 is 1. The summed E-state index contributed by atoms with van der Waals surface area (Å²) in [5, 5.41) is 9.45. The Morgan fingerprint density at radius 1 is 1.31 bits per heavy atom. The molecule has 1 fully saturated rings. The first-order valence-electron chi connectivity index (χ1n) is 8.39. The zero-order valence-electron chi connectivity index (χ0n) is 14.9. The van der Waals surface area contributed by atoms with E-state index < -0.39 is 11.9 Å². The first-order chi connectivity index (χ1) is 12.3. The van der Waals surface area contributed by atoms with Gasteiger partial charge in [-0.3, -0.25) is 14.4 Å². The second-order valence-electron chi connectivity index (χ2n) is 6.34. The van der Waals surface area contributed by atoms with Gasteiger partial charge in [-0.2, -0.15) is 0 Å². The van der Waals surface area contributed by atoms with Gasteiger partial charge in [-0.1, -0.05) is 17.7 Å². The predicted octanol–water partition coefficient (Wildman–Crippen LogP) is 1.67. The van der Waals surface area contributed by atoms with Gasteiger partial charge in [0.2, 0.25) is 11.8 Å².